The number of aliphatic hydroxyl groups excluding tert-OH is 2. The van der Waals surface area contributed by atoms with Gasteiger partial charge < -0.3 is 15.9 Å². The predicted molar refractivity (Wildman–Crippen MR) is 60.7 cm³/mol. The molecule has 0 aliphatic carbocycles. The third-order valence-corrected chi connectivity index (χ3v) is 2.61. The summed E-state index contributed by atoms with van der Waals surface area (Å²) in [4.78, 5) is 0. The SMILES string of the molecule is NCCC(O)C(O)c1[nH]nc2ccccc12. The second-order valence-corrected chi connectivity index (χ2v) is 3.74. The fourth-order valence-corrected chi connectivity index (χ4v) is 1.73. The van der Waals surface area contributed by atoms with Crippen LogP contribution in [0.5, 0.6) is 0 Å². The molecular weight excluding hydrogens is 206 g/mol. The number of hydrogen-bond donors (Lipinski definition) is 4. The number of H-pyrrole nitrogens is 1. The first-order chi connectivity index (χ1) is 7.74. The summed E-state index contributed by atoms with van der Waals surface area (Å²) in [6, 6.07) is 7.43. The van der Waals surface area contributed by atoms with Gasteiger partial charge in [-0.1, -0.05) is 18.2 Å². The van der Waals surface area contributed by atoms with Crippen molar-refractivity contribution in [3.05, 3.63) is 30.0 Å². The average molecular weight is 221 g/mol. The van der Waals surface area contributed by atoms with Crippen LogP contribution in [0.25, 0.3) is 10.9 Å². The third kappa shape index (κ3) is 1.92. The average Bonchev–Trinajstić information content (AvgIpc) is 2.72. The largest absolute Gasteiger partial charge is 0.390 e. The Balaban J connectivity index is 2.32. The molecule has 0 amide bonds. The number of aliphatic hydroxyl groups is 2. The topological polar surface area (TPSA) is 95.2 Å². The third-order valence-electron chi connectivity index (χ3n) is 2.61. The summed E-state index contributed by atoms with van der Waals surface area (Å²) >= 11 is 0. The van der Waals surface area contributed by atoms with Crippen molar-refractivity contribution in [2.24, 2.45) is 5.73 Å². The number of aromatic amines is 1. The molecule has 1 heterocycles. The molecule has 1 aromatic carbocycles. The zero-order chi connectivity index (χ0) is 11.5. The maximum Gasteiger partial charge on any atom is 0.122 e. The number of benzene rings is 1. The lowest BCUT2D eigenvalue weighted by Crippen LogP contribution is -2.22. The van der Waals surface area contributed by atoms with Gasteiger partial charge in [-0.15, -0.1) is 0 Å². The number of rotatable bonds is 4. The van der Waals surface area contributed by atoms with Gasteiger partial charge in [0.05, 0.1) is 17.3 Å². The highest BCUT2D eigenvalue weighted by atomic mass is 16.3. The van der Waals surface area contributed by atoms with Gasteiger partial charge in [-0.05, 0) is 19.0 Å². The maximum absolute atomic E-state index is 9.93. The van der Waals surface area contributed by atoms with Crippen LogP contribution in [0.3, 0.4) is 0 Å². The van der Waals surface area contributed by atoms with Crippen LogP contribution in [0, 0.1) is 0 Å². The molecular formula is C11H15N3O2. The molecule has 5 heteroatoms. The Morgan fingerprint density at radius 2 is 2.06 bits per heavy atom. The summed E-state index contributed by atoms with van der Waals surface area (Å²) in [6.45, 7) is 0.338. The molecule has 0 spiro atoms. The van der Waals surface area contributed by atoms with Crippen molar-refractivity contribution in [3.8, 4) is 0 Å². The fourth-order valence-electron chi connectivity index (χ4n) is 1.73. The van der Waals surface area contributed by atoms with Gasteiger partial charge in [-0.2, -0.15) is 5.10 Å². The number of fused-ring (bicyclic) bond motifs is 1. The van der Waals surface area contributed by atoms with E-state index in [4.69, 9.17) is 5.73 Å². The molecule has 0 radical (unpaired) electrons. The summed E-state index contributed by atoms with van der Waals surface area (Å²) in [5.74, 6) is 0. The Labute approximate surface area is 92.9 Å². The Hall–Kier alpha value is -1.43. The Bertz CT molecular complexity index is 469. The molecule has 0 saturated heterocycles. The Kier molecular flexibility index (Phi) is 3.19. The number of nitrogens with zero attached hydrogens (tertiary/aromatic N) is 1. The van der Waals surface area contributed by atoms with Crippen molar-refractivity contribution < 1.29 is 10.2 Å². The lowest BCUT2D eigenvalue weighted by molar-refractivity contribution is 0.0133. The van der Waals surface area contributed by atoms with E-state index in [2.05, 4.69) is 10.2 Å². The van der Waals surface area contributed by atoms with Gasteiger partial charge in [-0.3, -0.25) is 5.10 Å². The monoisotopic (exact) mass is 221 g/mol. The van der Waals surface area contributed by atoms with Crippen molar-refractivity contribution in [2.45, 2.75) is 18.6 Å². The smallest absolute Gasteiger partial charge is 0.122 e. The molecule has 2 rings (SSSR count). The highest BCUT2D eigenvalue weighted by molar-refractivity contribution is 5.81. The van der Waals surface area contributed by atoms with Crippen molar-refractivity contribution in [1.29, 1.82) is 0 Å². The van der Waals surface area contributed by atoms with Crippen LogP contribution < -0.4 is 5.73 Å². The number of para-hydroxylation sites is 1. The summed E-state index contributed by atoms with van der Waals surface area (Å²) in [7, 11) is 0. The van der Waals surface area contributed by atoms with E-state index < -0.39 is 12.2 Å². The van der Waals surface area contributed by atoms with E-state index >= 15 is 0 Å². The minimum atomic E-state index is -0.976. The number of hydrogen-bond acceptors (Lipinski definition) is 4. The molecule has 2 unspecified atom stereocenters. The van der Waals surface area contributed by atoms with Crippen molar-refractivity contribution in [2.75, 3.05) is 6.54 Å². The molecule has 0 fully saturated rings. The van der Waals surface area contributed by atoms with Crippen LogP contribution >= 0.6 is 0 Å². The van der Waals surface area contributed by atoms with Crippen molar-refractivity contribution >= 4 is 10.9 Å². The van der Waals surface area contributed by atoms with Gasteiger partial charge in [0.1, 0.15) is 6.10 Å². The molecule has 2 aromatic rings. The molecule has 0 aliphatic rings. The molecule has 0 bridgehead atoms. The van der Waals surface area contributed by atoms with E-state index in [1.54, 1.807) is 0 Å². The van der Waals surface area contributed by atoms with E-state index in [0.717, 1.165) is 10.9 Å². The second kappa shape index (κ2) is 4.61. The Morgan fingerprint density at radius 3 is 2.81 bits per heavy atom. The van der Waals surface area contributed by atoms with E-state index in [1.807, 2.05) is 24.3 Å². The number of nitrogens with one attached hydrogen (secondary N) is 1. The maximum atomic E-state index is 9.93. The van der Waals surface area contributed by atoms with E-state index in [1.165, 1.54) is 0 Å². The van der Waals surface area contributed by atoms with Crippen LogP contribution in [0.1, 0.15) is 18.2 Å². The molecule has 16 heavy (non-hydrogen) atoms. The molecule has 2 atom stereocenters. The normalized spacial score (nSPS) is 15.2. The Morgan fingerprint density at radius 1 is 1.31 bits per heavy atom. The van der Waals surface area contributed by atoms with Crippen molar-refractivity contribution in [1.82, 2.24) is 10.2 Å². The van der Waals surface area contributed by atoms with E-state index in [-0.39, 0.29) is 0 Å². The van der Waals surface area contributed by atoms with Crippen molar-refractivity contribution in [3.63, 3.8) is 0 Å². The molecule has 1 aromatic heterocycles. The van der Waals surface area contributed by atoms with Crippen LogP contribution in [-0.4, -0.2) is 33.1 Å². The highest BCUT2D eigenvalue weighted by Gasteiger charge is 2.21. The summed E-state index contributed by atoms with van der Waals surface area (Å²) < 4.78 is 0. The van der Waals surface area contributed by atoms with Crippen LogP contribution in [0.2, 0.25) is 0 Å². The highest BCUT2D eigenvalue weighted by Crippen LogP contribution is 2.24. The fraction of sp³-hybridized carbons (Fsp3) is 0.364. The lowest BCUT2D eigenvalue weighted by Gasteiger charge is -2.15. The van der Waals surface area contributed by atoms with Crippen LogP contribution in [0.15, 0.2) is 24.3 Å². The zero-order valence-electron chi connectivity index (χ0n) is 8.80. The molecule has 5 nitrogen and oxygen atoms in total. The van der Waals surface area contributed by atoms with Crippen LogP contribution in [0.4, 0.5) is 0 Å². The standard InChI is InChI=1S/C11H15N3O2/c12-6-5-9(15)11(16)10-7-3-1-2-4-8(7)13-14-10/h1-4,9,11,15-16H,5-6,12H2,(H,13,14). The van der Waals surface area contributed by atoms with Gasteiger partial charge in [0.15, 0.2) is 0 Å². The minimum Gasteiger partial charge on any atom is -0.390 e. The molecule has 5 N–H and O–H groups in total. The number of aromatic nitrogens is 2. The van der Waals surface area contributed by atoms with E-state index in [9.17, 15) is 10.2 Å². The lowest BCUT2D eigenvalue weighted by atomic mass is 10.0. The van der Waals surface area contributed by atoms with E-state index in [0.29, 0.717) is 18.7 Å². The van der Waals surface area contributed by atoms with Gasteiger partial charge in [0.2, 0.25) is 0 Å². The summed E-state index contributed by atoms with van der Waals surface area (Å²) in [5, 5.41) is 27.2. The van der Waals surface area contributed by atoms with Crippen LogP contribution in [-0.2, 0) is 0 Å². The molecule has 86 valence electrons. The second-order valence-electron chi connectivity index (χ2n) is 3.74. The quantitative estimate of drug-likeness (QED) is 0.597. The first kappa shape index (κ1) is 11.1. The first-order valence-electron chi connectivity index (χ1n) is 5.23. The first-order valence-corrected chi connectivity index (χ1v) is 5.23. The summed E-state index contributed by atoms with van der Waals surface area (Å²) in [5.41, 5.74) is 6.65. The minimum absolute atomic E-state index is 0.338. The van der Waals surface area contributed by atoms with Gasteiger partial charge in [0, 0.05) is 5.39 Å². The number of nitrogens with two attached hydrogens (primary N) is 1. The molecule has 0 aliphatic heterocycles. The molecule has 0 saturated carbocycles. The predicted octanol–water partition coefficient (Wildman–Crippen LogP) is 0.306. The van der Waals surface area contributed by atoms with Gasteiger partial charge in [-0.25, -0.2) is 0 Å². The summed E-state index contributed by atoms with van der Waals surface area (Å²) in [6.07, 6.45) is -1.49. The zero-order valence-corrected chi connectivity index (χ0v) is 8.80. The van der Waals surface area contributed by atoms with Gasteiger partial charge >= 0.3 is 0 Å². The van der Waals surface area contributed by atoms with Gasteiger partial charge in [0.25, 0.3) is 0 Å².